The third-order valence-electron chi connectivity index (χ3n) is 5.64. The number of rotatable bonds is 7. The lowest BCUT2D eigenvalue weighted by atomic mass is 9.96. The largest absolute Gasteiger partial charge is 0.494 e. The number of carbonyl (C=O) groups excluding carboxylic acids is 1. The second kappa shape index (κ2) is 9.78. The van der Waals surface area contributed by atoms with Crippen molar-refractivity contribution >= 4 is 15.9 Å². The van der Waals surface area contributed by atoms with Crippen molar-refractivity contribution in [2.24, 2.45) is 5.92 Å². The van der Waals surface area contributed by atoms with Gasteiger partial charge < -0.3 is 10.1 Å². The SMILES string of the molecule is CCOc1ccc(S(=O)(=O)N2CCC(C(=O)N[C@H](C)c3ccc(F)cc3)CC2)cc1C. The number of ether oxygens (including phenoxy) is 1. The van der Waals surface area contributed by atoms with Gasteiger partial charge in [0, 0.05) is 19.0 Å². The molecule has 1 heterocycles. The van der Waals surface area contributed by atoms with Gasteiger partial charge >= 0.3 is 0 Å². The number of hydrogen-bond donors (Lipinski definition) is 1. The van der Waals surface area contributed by atoms with Crippen LogP contribution >= 0.6 is 0 Å². The molecule has 31 heavy (non-hydrogen) atoms. The number of amides is 1. The monoisotopic (exact) mass is 448 g/mol. The number of carbonyl (C=O) groups is 1. The number of benzene rings is 2. The van der Waals surface area contributed by atoms with Gasteiger partial charge in [0.15, 0.2) is 0 Å². The lowest BCUT2D eigenvalue weighted by molar-refractivity contribution is -0.126. The Hall–Kier alpha value is -2.45. The van der Waals surface area contributed by atoms with E-state index in [2.05, 4.69) is 5.32 Å². The molecule has 0 bridgehead atoms. The summed E-state index contributed by atoms with van der Waals surface area (Å²) in [4.78, 5) is 12.9. The molecule has 1 aliphatic heterocycles. The van der Waals surface area contributed by atoms with E-state index in [-0.39, 0.29) is 41.7 Å². The van der Waals surface area contributed by atoms with E-state index < -0.39 is 10.0 Å². The van der Waals surface area contributed by atoms with E-state index in [0.717, 1.165) is 11.1 Å². The highest BCUT2D eigenvalue weighted by atomic mass is 32.2. The molecule has 0 saturated carbocycles. The molecule has 1 saturated heterocycles. The zero-order valence-electron chi connectivity index (χ0n) is 18.1. The molecular formula is C23H29FN2O4S. The zero-order chi connectivity index (χ0) is 22.6. The van der Waals surface area contributed by atoms with E-state index in [1.165, 1.54) is 16.4 Å². The Balaban J connectivity index is 1.59. The van der Waals surface area contributed by atoms with Gasteiger partial charge in [0.05, 0.1) is 17.5 Å². The molecule has 6 nitrogen and oxygen atoms in total. The second-order valence-corrected chi connectivity index (χ2v) is 9.76. The van der Waals surface area contributed by atoms with Crippen LogP contribution in [0.5, 0.6) is 5.75 Å². The molecule has 1 N–H and O–H groups in total. The van der Waals surface area contributed by atoms with Crippen molar-refractivity contribution in [1.82, 2.24) is 9.62 Å². The molecular weight excluding hydrogens is 419 g/mol. The van der Waals surface area contributed by atoms with Crippen LogP contribution in [0.2, 0.25) is 0 Å². The number of piperidine rings is 1. The van der Waals surface area contributed by atoms with Crippen molar-refractivity contribution in [1.29, 1.82) is 0 Å². The number of hydrogen-bond acceptors (Lipinski definition) is 4. The van der Waals surface area contributed by atoms with Crippen molar-refractivity contribution in [3.05, 3.63) is 59.4 Å². The first-order chi connectivity index (χ1) is 14.7. The van der Waals surface area contributed by atoms with Gasteiger partial charge in [-0.05, 0) is 75.1 Å². The van der Waals surface area contributed by atoms with Gasteiger partial charge in [-0.2, -0.15) is 4.31 Å². The minimum atomic E-state index is -3.62. The highest BCUT2D eigenvalue weighted by Crippen LogP contribution is 2.28. The van der Waals surface area contributed by atoms with E-state index in [1.54, 1.807) is 30.3 Å². The standard InChI is InChI=1S/C23H29FN2O4S/c1-4-30-22-10-9-21(15-16(22)2)31(28,29)26-13-11-19(12-14-26)23(27)25-17(3)18-5-7-20(24)8-6-18/h5-10,15,17,19H,4,11-14H2,1-3H3,(H,25,27)/t17-/m1/s1. The lowest BCUT2D eigenvalue weighted by Gasteiger charge is -2.31. The molecule has 2 aromatic rings. The molecule has 1 aliphatic rings. The van der Waals surface area contributed by atoms with Gasteiger partial charge in [-0.25, -0.2) is 12.8 Å². The fourth-order valence-corrected chi connectivity index (χ4v) is 5.33. The maximum absolute atomic E-state index is 13.1. The average molecular weight is 449 g/mol. The predicted molar refractivity (Wildman–Crippen MR) is 117 cm³/mol. The van der Waals surface area contributed by atoms with E-state index in [4.69, 9.17) is 4.74 Å². The number of nitrogens with zero attached hydrogens (tertiary/aromatic N) is 1. The summed E-state index contributed by atoms with van der Waals surface area (Å²) in [6, 6.07) is 10.7. The molecule has 1 fully saturated rings. The van der Waals surface area contributed by atoms with Crippen molar-refractivity contribution in [2.45, 2.75) is 44.6 Å². The van der Waals surface area contributed by atoms with Crippen LogP contribution in [0.1, 0.15) is 43.9 Å². The third kappa shape index (κ3) is 5.43. The molecule has 0 radical (unpaired) electrons. The van der Waals surface area contributed by atoms with Crippen LogP contribution in [0.4, 0.5) is 4.39 Å². The van der Waals surface area contributed by atoms with Gasteiger partial charge in [0.25, 0.3) is 0 Å². The molecule has 3 rings (SSSR count). The smallest absolute Gasteiger partial charge is 0.243 e. The van der Waals surface area contributed by atoms with E-state index in [1.807, 2.05) is 20.8 Å². The number of nitrogens with one attached hydrogen (secondary N) is 1. The minimum absolute atomic E-state index is 0.106. The van der Waals surface area contributed by atoms with Crippen LogP contribution in [0.15, 0.2) is 47.4 Å². The molecule has 8 heteroatoms. The predicted octanol–water partition coefficient (Wildman–Crippen LogP) is 3.81. The zero-order valence-corrected chi connectivity index (χ0v) is 18.9. The summed E-state index contributed by atoms with van der Waals surface area (Å²) < 4.78 is 46.1. The van der Waals surface area contributed by atoms with Crippen LogP contribution < -0.4 is 10.1 Å². The Labute approximate surface area is 183 Å². The number of aryl methyl sites for hydroxylation is 1. The minimum Gasteiger partial charge on any atom is -0.494 e. The van der Waals surface area contributed by atoms with Gasteiger partial charge in [0.1, 0.15) is 11.6 Å². The van der Waals surface area contributed by atoms with Crippen LogP contribution in [-0.4, -0.2) is 38.3 Å². The van der Waals surface area contributed by atoms with Crippen molar-refractivity contribution in [3.8, 4) is 5.75 Å². The van der Waals surface area contributed by atoms with Crippen LogP contribution in [-0.2, 0) is 14.8 Å². The Morgan fingerprint density at radius 2 is 1.84 bits per heavy atom. The summed E-state index contributed by atoms with van der Waals surface area (Å²) in [6.45, 7) is 6.64. The summed E-state index contributed by atoms with van der Waals surface area (Å²) in [6.07, 6.45) is 0.911. The second-order valence-electron chi connectivity index (χ2n) is 7.82. The van der Waals surface area contributed by atoms with Crippen molar-refractivity contribution < 1.29 is 22.3 Å². The maximum atomic E-state index is 13.1. The summed E-state index contributed by atoms with van der Waals surface area (Å²) in [5.74, 6) is -0.00659. The first kappa shape index (κ1) is 23.2. The summed E-state index contributed by atoms with van der Waals surface area (Å²) >= 11 is 0. The fourth-order valence-electron chi connectivity index (χ4n) is 3.77. The summed E-state index contributed by atoms with van der Waals surface area (Å²) in [7, 11) is -3.62. The number of halogens is 1. The first-order valence-electron chi connectivity index (χ1n) is 10.5. The van der Waals surface area contributed by atoms with Crippen LogP contribution in [0, 0.1) is 18.7 Å². The molecule has 0 spiro atoms. The number of sulfonamides is 1. The van der Waals surface area contributed by atoms with Crippen LogP contribution in [0.3, 0.4) is 0 Å². The highest BCUT2D eigenvalue weighted by molar-refractivity contribution is 7.89. The Kier molecular flexibility index (Phi) is 7.33. The van der Waals surface area contributed by atoms with Gasteiger partial charge in [-0.1, -0.05) is 12.1 Å². The topological polar surface area (TPSA) is 75.7 Å². The highest BCUT2D eigenvalue weighted by Gasteiger charge is 2.32. The Bertz CT molecular complexity index is 1020. The van der Waals surface area contributed by atoms with Crippen LogP contribution in [0.25, 0.3) is 0 Å². The molecule has 168 valence electrons. The molecule has 2 aromatic carbocycles. The van der Waals surface area contributed by atoms with Gasteiger partial charge in [0.2, 0.25) is 15.9 Å². The summed E-state index contributed by atoms with van der Waals surface area (Å²) in [5, 5.41) is 2.95. The molecule has 0 unspecified atom stereocenters. The van der Waals surface area contributed by atoms with E-state index in [0.29, 0.717) is 25.2 Å². The normalized spacial score (nSPS) is 16.6. The molecule has 1 amide bonds. The van der Waals surface area contributed by atoms with E-state index in [9.17, 15) is 17.6 Å². The van der Waals surface area contributed by atoms with E-state index >= 15 is 0 Å². The Morgan fingerprint density at radius 1 is 1.19 bits per heavy atom. The maximum Gasteiger partial charge on any atom is 0.243 e. The Morgan fingerprint density at radius 3 is 2.42 bits per heavy atom. The van der Waals surface area contributed by atoms with Crippen molar-refractivity contribution in [3.63, 3.8) is 0 Å². The molecule has 0 aliphatic carbocycles. The molecule has 1 atom stereocenters. The lowest BCUT2D eigenvalue weighted by Crippen LogP contribution is -2.43. The summed E-state index contributed by atoms with van der Waals surface area (Å²) in [5.41, 5.74) is 1.59. The average Bonchev–Trinajstić information content (AvgIpc) is 2.75. The third-order valence-corrected chi connectivity index (χ3v) is 7.53. The van der Waals surface area contributed by atoms with Gasteiger partial charge in [-0.15, -0.1) is 0 Å². The first-order valence-corrected chi connectivity index (χ1v) is 12.0. The fraction of sp³-hybridized carbons (Fsp3) is 0.435. The quantitative estimate of drug-likeness (QED) is 0.699. The van der Waals surface area contributed by atoms with Gasteiger partial charge in [-0.3, -0.25) is 4.79 Å². The molecule has 0 aromatic heterocycles. The van der Waals surface area contributed by atoms with Crippen molar-refractivity contribution in [2.75, 3.05) is 19.7 Å².